The molecule has 0 saturated carbocycles. The van der Waals surface area contributed by atoms with Crippen molar-refractivity contribution in [1.82, 2.24) is 24.5 Å². The molecule has 1 aliphatic rings. The third kappa shape index (κ3) is 4.89. The van der Waals surface area contributed by atoms with E-state index in [-0.39, 0.29) is 5.56 Å². The second-order valence-corrected chi connectivity index (χ2v) is 8.78. The van der Waals surface area contributed by atoms with Gasteiger partial charge in [-0.05, 0) is 66.0 Å². The summed E-state index contributed by atoms with van der Waals surface area (Å²) >= 11 is 7.77. The van der Waals surface area contributed by atoms with Crippen molar-refractivity contribution in [2.24, 2.45) is 0 Å². The highest BCUT2D eigenvalue weighted by atomic mass is 127. The fraction of sp³-hybridized carbons (Fsp3) is 0.286. The molecule has 0 unspecified atom stereocenters. The Morgan fingerprint density at radius 2 is 1.94 bits per heavy atom. The van der Waals surface area contributed by atoms with Gasteiger partial charge in [-0.15, -0.1) is 5.06 Å². The molecule has 166 valence electrons. The van der Waals surface area contributed by atoms with Crippen LogP contribution < -0.4 is 10.7 Å². The van der Waals surface area contributed by atoms with Crippen molar-refractivity contribution in [1.29, 1.82) is 0 Å². The summed E-state index contributed by atoms with van der Waals surface area (Å²) in [5.74, 6) is -0.684. The lowest BCUT2D eigenvalue weighted by atomic mass is 10.2. The van der Waals surface area contributed by atoms with Crippen molar-refractivity contribution in [3.63, 3.8) is 0 Å². The lowest BCUT2D eigenvalue weighted by Crippen LogP contribution is -2.50. The number of carbonyl (C=O) groups excluding carboxylic acids is 1. The Morgan fingerprint density at radius 3 is 2.62 bits per heavy atom. The van der Waals surface area contributed by atoms with E-state index in [1.807, 2.05) is 36.1 Å². The third-order valence-corrected chi connectivity index (χ3v) is 6.21. The van der Waals surface area contributed by atoms with Gasteiger partial charge in [0.25, 0.3) is 0 Å². The van der Waals surface area contributed by atoms with Crippen LogP contribution in [0.15, 0.2) is 47.8 Å². The zero-order valence-electron chi connectivity index (χ0n) is 17.3. The number of aromatic nitrogens is 3. The van der Waals surface area contributed by atoms with Gasteiger partial charge in [0.15, 0.2) is 5.11 Å². The van der Waals surface area contributed by atoms with Gasteiger partial charge in [0.1, 0.15) is 17.5 Å². The van der Waals surface area contributed by atoms with E-state index in [2.05, 4.69) is 37.9 Å². The number of halogens is 1. The molecule has 0 spiro atoms. The standard InChI is InChI=1S/C21H21IN6O3S/c1-2-26-12-17(18(29)16-11-23-13-24-19(16)26)20(30)31-28-9-7-27(8-10-28)21(32)25-15-5-3-14(22)4-6-15/h3-6,11-13H,2,7-10H2,1H3,(H,25,32). The summed E-state index contributed by atoms with van der Waals surface area (Å²) in [6.45, 7) is 4.59. The predicted octanol–water partition coefficient (Wildman–Crippen LogP) is 2.50. The lowest BCUT2D eigenvalue weighted by molar-refractivity contribution is -0.124. The maximum absolute atomic E-state index is 12.8. The maximum atomic E-state index is 12.8. The van der Waals surface area contributed by atoms with Crippen LogP contribution in [0.2, 0.25) is 0 Å². The van der Waals surface area contributed by atoms with Crippen molar-refractivity contribution in [2.75, 3.05) is 31.5 Å². The van der Waals surface area contributed by atoms with E-state index in [0.29, 0.717) is 48.9 Å². The zero-order chi connectivity index (χ0) is 22.7. The number of hydrogen-bond donors (Lipinski definition) is 1. The van der Waals surface area contributed by atoms with Crippen LogP contribution in [0.1, 0.15) is 17.3 Å². The predicted molar refractivity (Wildman–Crippen MR) is 133 cm³/mol. The number of nitrogens with zero attached hydrogens (tertiary/aromatic N) is 5. The lowest BCUT2D eigenvalue weighted by Gasteiger charge is -2.34. The van der Waals surface area contributed by atoms with Gasteiger partial charge < -0.3 is 19.6 Å². The average molecular weight is 564 g/mol. The summed E-state index contributed by atoms with van der Waals surface area (Å²) in [5.41, 5.74) is 0.952. The zero-order valence-corrected chi connectivity index (χ0v) is 20.3. The van der Waals surface area contributed by atoms with Gasteiger partial charge in [0.05, 0.1) is 18.5 Å². The highest BCUT2D eigenvalue weighted by Gasteiger charge is 2.24. The number of nitrogens with one attached hydrogen (secondary N) is 1. The van der Waals surface area contributed by atoms with Gasteiger partial charge in [-0.2, -0.15) is 0 Å². The van der Waals surface area contributed by atoms with E-state index in [4.69, 9.17) is 17.1 Å². The van der Waals surface area contributed by atoms with E-state index in [1.54, 1.807) is 9.63 Å². The number of benzene rings is 1. The molecule has 32 heavy (non-hydrogen) atoms. The molecule has 1 aliphatic heterocycles. The first kappa shape index (κ1) is 22.6. The largest absolute Gasteiger partial charge is 0.364 e. The number of carbonyl (C=O) groups is 1. The van der Waals surface area contributed by atoms with E-state index in [1.165, 1.54) is 18.7 Å². The molecule has 1 aromatic carbocycles. The fourth-order valence-electron chi connectivity index (χ4n) is 3.40. The number of hydroxylamine groups is 2. The summed E-state index contributed by atoms with van der Waals surface area (Å²) in [6, 6.07) is 7.97. The van der Waals surface area contributed by atoms with Crippen LogP contribution >= 0.6 is 34.8 Å². The van der Waals surface area contributed by atoms with Gasteiger partial charge in [0, 0.05) is 41.3 Å². The van der Waals surface area contributed by atoms with Gasteiger partial charge in [-0.1, -0.05) is 0 Å². The monoisotopic (exact) mass is 564 g/mol. The van der Waals surface area contributed by atoms with Crippen molar-refractivity contribution < 1.29 is 9.63 Å². The first-order valence-electron chi connectivity index (χ1n) is 10.1. The van der Waals surface area contributed by atoms with E-state index < -0.39 is 11.4 Å². The molecule has 9 nitrogen and oxygen atoms in total. The van der Waals surface area contributed by atoms with Crippen LogP contribution in [-0.4, -0.2) is 61.8 Å². The minimum atomic E-state index is -0.684. The minimum absolute atomic E-state index is 0.0347. The maximum Gasteiger partial charge on any atom is 0.362 e. The van der Waals surface area contributed by atoms with Crippen molar-refractivity contribution >= 4 is 62.6 Å². The highest BCUT2D eigenvalue weighted by molar-refractivity contribution is 14.1. The van der Waals surface area contributed by atoms with Crippen molar-refractivity contribution in [2.45, 2.75) is 13.5 Å². The Labute approximate surface area is 203 Å². The molecule has 11 heteroatoms. The Bertz CT molecular complexity index is 1210. The number of hydrogen-bond acceptors (Lipinski definition) is 7. The number of thiocarbonyl (C=S) groups is 1. The van der Waals surface area contributed by atoms with Crippen LogP contribution in [0, 0.1) is 3.57 Å². The average Bonchev–Trinajstić information content (AvgIpc) is 2.81. The second-order valence-electron chi connectivity index (χ2n) is 7.15. The highest BCUT2D eigenvalue weighted by Crippen LogP contribution is 2.14. The van der Waals surface area contributed by atoms with Crippen LogP contribution in [0.5, 0.6) is 0 Å². The molecule has 0 amide bonds. The van der Waals surface area contributed by atoms with Gasteiger partial charge in [0.2, 0.25) is 5.43 Å². The van der Waals surface area contributed by atoms with Crippen molar-refractivity contribution in [3.05, 3.63) is 62.3 Å². The van der Waals surface area contributed by atoms with E-state index in [9.17, 15) is 9.59 Å². The molecule has 0 atom stereocenters. The Morgan fingerprint density at radius 1 is 1.22 bits per heavy atom. The van der Waals surface area contributed by atoms with Gasteiger partial charge in [-0.3, -0.25) is 4.79 Å². The van der Waals surface area contributed by atoms with Crippen molar-refractivity contribution in [3.8, 4) is 0 Å². The number of aryl methyl sites for hydroxylation is 1. The molecular formula is C21H21IN6O3S. The van der Waals surface area contributed by atoms with Crippen LogP contribution in [0.3, 0.4) is 0 Å². The molecule has 3 heterocycles. The van der Waals surface area contributed by atoms with Crippen LogP contribution in [0.4, 0.5) is 5.69 Å². The number of anilines is 1. The van der Waals surface area contributed by atoms with E-state index in [0.717, 1.165) is 9.26 Å². The van der Waals surface area contributed by atoms with E-state index >= 15 is 0 Å². The molecule has 1 N–H and O–H groups in total. The summed E-state index contributed by atoms with van der Waals surface area (Å²) in [6.07, 6.45) is 4.30. The molecule has 0 bridgehead atoms. The summed E-state index contributed by atoms with van der Waals surface area (Å²) in [7, 11) is 0. The molecule has 0 radical (unpaired) electrons. The molecular weight excluding hydrogens is 543 g/mol. The topological polar surface area (TPSA) is 92.6 Å². The number of pyridine rings is 1. The van der Waals surface area contributed by atoms with Gasteiger partial charge >= 0.3 is 5.97 Å². The molecule has 4 rings (SSSR count). The Balaban J connectivity index is 1.38. The fourth-order valence-corrected chi connectivity index (χ4v) is 4.06. The van der Waals surface area contributed by atoms with Crippen LogP contribution in [-0.2, 0) is 11.4 Å². The SMILES string of the molecule is CCn1cc(C(=O)ON2CCN(C(=S)Nc3ccc(I)cc3)CC2)c(=O)c2cncnc21. The summed E-state index contributed by atoms with van der Waals surface area (Å²) in [4.78, 5) is 41.1. The number of fused-ring (bicyclic) bond motifs is 1. The summed E-state index contributed by atoms with van der Waals surface area (Å²) in [5, 5.41) is 5.71. The third-order valence-electron chi connectivity index (χ3n) is 5.13. The Kier molecular flexibility index (Phi) is 6.96. The Hall–Kier alpha value is -2.64. The quantitative estimate of drug-likeness (QED) is 0.379. The van der Waals surface area contributed by atoms with Gasteiger partial charge in [-0.25, -0.2) is 14.8 Å². The number of rotatable bonds is 4. The molecule has 3 aromatic rings. The second kappa shape index (κ2) is 9.88. The first-order valence-corrected chi connectivity index (χ1v) is 11.6. The molecule has 2 aromatic heterocycles. The minimum Gasteiger partial charge on any atom is -0.364 e. The van der Waals surface area contributed by atoms with Crippen LogP contribution in [0.25, 0.3) is 11.0 Å². The molecule has 1 saturated heterocycles. The normalized spacial score (nSPS) is 14.4. The smallest absolute Gasteiger partial charge is 0.362 e. The first-order chi connectivity index (χ1) is 15.5. The summed E-state index contributed by atoms with van der Waals surface area (Å²) < 4.78 is 2.89. The number of piperazine rings is 1. The molecule has 0 aliphatic carbocycles. The molecule has 1 fully saturated rings.